The molecular weight excluding hydrogens is 368 g/mol. The molecule has 3 rings (SSSR count). The largest absolute Gasteiger partial charge is 0.284 e. The molecule has 0 unspecified atom stereocenters. The molecule has 5 heteroatoms. The molecule has 24 heavy (non-hydrogen) atoms. The van der Waals surface area contributed by atoms with E-state index in [1.165, 1.54) is 6.07 Å². The first kappa shape index (κ1) is 16.1. The molecule has 0 aliphatic carbocycles. The minimum Gasteiger partial charge on any atom is -0.258 e. The van der Waals surface area contributed by atoms with Crippen LogP contribution in [-0.4, -0.2) is 11.1 Å². The molecule has 0 saturated carbocycles. The summed E-state index contributed by atoms with van der Waals surface area (Å²) in [4.78, 5) is 14.9. The van der Waals surface area contributed by atoms with Crippen molar-refractivity contribution in [3.05, 3.63) is 92.9 Å². The van der Waals surface area contributed by atoms with E-state index in [-0.39, 0.29) is 5.69 Å². The number of benzene rings is 3. The molecule has 0 radical (unpaired) electrons. The Bertz CT molecular complexity index is 891. The molecule has 0 N–H and O–H groups in total. The first-order valence-corrected chi connectivity index (χ1v) is 8.06. The van der Waals surface area contributed by atoms with Crippen molar-refractivity contribution in [1.82, 2.24) is 0 Å². The van der Waals surface area contributed by atoms with Crippen LogP contribution in [0.15, 0.2) is 82.3 Å². The van der Waals surface area contributed by atoms with E-state index in [2.05, 4.69) is 33.1 Å². The summed E-state index contributed by atoms with van der Waals surface area (Å²) in [5, 5.41) is 11.0. The van der Waals surface area contributed by atoms with Gasteiger partial charge in [0.15, 0.2) is 0 Å². The standard InChI is InChI=1S/C19H13BrN2O2/c20-18-11-6-14(12-19(18)22(23)24)13-21-17-9-7-16(8-10-17)15-4-2-1-3-5-15/h1-13H. The average molecular weight is 381 g/mol. The van der Waals surface area contributed by atoms with Crippen molar-refractivity contribution in [3.8, 4) is 11.1 Å². The van der Waals surface area contributed by atoms with Crippen LogP contribution in [0.5, 0.6) is 0 Å². The van der Waals surface area contributed by atoms with E-state index >= 15 is 0 Å². The van der Waals surface area contributed by atoms with Crippen LogP contribution < -0.4 is 0 Å². The van der Waals surface area contributed by atoms with Crippen molar-refractivity contribution >= 4 is 33.5 Å². The molecule has 118 valence electrons. The summed E-state index contributed by atoms with van der Waals surface area (Å²) < 4.78 is 0.455. The van der Waals surface area contributed by atoms with Crippen molar-refractivity contribution < 1.29 is 4.92 Å². The van der Waals surface area contributed by atoms with Crippen LogP contribution in [-0.2, 0) is 0 Å². The summed E-state index contributed by atoms with van der Waals surface area (Å²) in [7, 11) is 0. The maximum absolute atomic E-state index is 11.0. The minimum atomic E-state index is -0.421. The summed E-state index contributed by atoms with van der Waals surface area (Å²) in [6, 6.07) is 22.9. The third kappa shape index (κ3) is 3.75. The van der Waals surface area contributed by atoms with Crippen LogP contribution in [0.4, 0.5) is 11.4 Å². The van der Waals surface area contributed by atoms with Crippen molar-refractivity contribution in [2.24, 2.45) is 4.99 Å². The number of halogens is 1. The molecule has 0 bridgehead atoms. The Morgan fingerprint density at radius 3 is 2.25 bits per heavy atom. The normalized spacial score (nSPS) is 10.9. The predicted octanol–water partition coefficient (Wildman–Crippen LogP) is 5.77. The molecule has 0 atom stereocenters. The monoisotopic (exact) mass is 380 g/mol. The number of nitrogens with zero attached hydrogens (tertiary/aromatic N) is 2. The van der Waals surface area contributed by atoms with E-state index in [0.29, 0.717) is 10.0 Å². The van der Waals surface area contributed by atoms with Crippen molar-refractivity contribution in [2.75, 3.05) is 0 Å². The van der Waals surface area contributed by atoms with Gasteiger partial charge in [-0.1, -0.05) is 48.5 Å². The molecule has 0 aliphatic rings. The van der Waals surface area contributed by atoms with Crippen molar-refractivity contribution in [1.29, 1.82) is 0 Å². The molecule has 0 aromatic heterocycles. The van der Waals surface area contributed by atoms with Crippen LogP contribution in [0.25, 0.3) is 11.1 Å². The van der Waals surface area contributed by atoms with Gasteiger partial charge in [0.1, 0.15) is 0 Å². The Kier molecular flexibility index (Phi) is 4.82. The summed E-state index contributed by atoms with van der Waals surface area (Å²) in [5.74, 6) is 0. The maximum Gasteiger partial charge on any atom is 0.284 e. The van der Waals surface area contributed by atoms with Crippen LogP contribution >= 0.6 is 15.9 Å². The van der Waals surface area contributed by atoms with E-state index in [1.54, 1.807) is 18.3 Å². The molecule has 0 aliphatic heterocycles. The van der Waals surface area contributed by atoms with E-state index in [1.807, 2.05) is 42.5 Å². The molecule has 0 fully saturated rings. The predicted molar refractivity (Wildman–Crippen MR) is 99.9 cm³/mol. The van der Waals surface area contributed by atoms with Gasteiger partial charge in [-0.15, -0.1) is 0 Å². The van der Waals surface area contributed by atoms with Gasteiger partial charge in [0.2, 0.25) is 0 Å². The zero-order valence-electron chi connectivity index (χ0n) is 12.6. The molecule has 3 aromatic rings. The Balaban J connectivity index is 1.80. The van der Waals surface area contributed by atoms with Gasteiger partial charge < -0.3 is 0 Å². The quantitative estimate of drug-likeness (QED) is 0.327. The Hall–Kier alpha value is -2.79. The van der Waals surface area contributed by atoms with Crippen LogP contribution in [0, 0.1) is 10.1 Å². The second-order valence-corrected chi connectivity index (χ2v) is 5.99. The Morgan fingerprint density at radius 1 is 0.917 bits per heavy atom. The molecule has 0 heterocycles. The topological polar surface area (TPSA) is 55.5 Å². The number of hydrogen-bond acceptors (Lipinski definition) is 3. The fourth-order valence-corrected chi connectivity index (χ4v) is 2.66. The van der Waals surface area contributed by atoms with Crippen molar-refractivity contribution in [3.63, 3.8) is 0 Å². The molecule has 3 aromatic carbocycles. The minimum absolute atomic E-state index is 0.0263. The zero-order chi connectivity index (χ0) is 16.9. The summed E-state index contributed by atoms with van der Waals surface area (Å²) in [6.07, 6.45) is 1.62. The third-order valence-electron chi connectivity index (χ3n) is 3.50. The van der Waals surface area contributed by atoms with Gasteiger partial charge in [-0.3, -0.25) is 15.1 Å². The second kappa shape index (κ2) is 7.19. The highest BCUT2D eigenvalue weighted by Gasteiger charge is 2.11. The number of hydrogen-bond donors (Lipinski definition) is 0. The molecule has 4 nitrogen and oxygen atoms in total. The van der Waals surface area contributed by atoms with E-state index in [4.69, 9.17) is 0 Å². The number of nitro groups is 1. The smallest absolute Gasteiger partial charge is 0.258 e. The lowest BCUT2D eigenvalue weighted by molar-refractivity contribution is -0.385. The number of aliphatic imine (C=N–C) groups is 1. The van der Waals surface area contributed by atoms with Crippen LogP contribution in [0.1, 0.15) is 5.56 Å². The summed E-state index contributed by atoms with van der Waals surface area (Å²) in [6.45, 7) is 0. The van der Waals surface area contributed by atoms with E-state index in [0.717, 1.165) is 16.8 Å². The molecule has 0 spiro atoms. The third-order valence-corrected chi connectivity index (χ3v) is 4.17. The fourth-order valence-electron chi connectivity index (χ4n) is 2.27. The van der Waals surface area contributed by atoms with Crippen LogP contribution in [0.2, 0.25) is 0 Å². The van der Waals surface area contributed by atoms with E-state index < -0.39 is 4.92 Å². The fraction of sp³-hybridized carbons (Fsp3) is 0. The van der Waals surface area contributed by atoms with Gasteiger partial charge in [-0.05, 0) is 50.8 Å². The second-order valence-electron chi connectivity index (χ2n) is 5.14. The van der Waals surface area contributed by atoms with Gasteiger partial charge in [-0.25, -0.2) is 0 Å². The summed E-state index contributed by atoms with van der Waals surface area (Å²) >= 11 is 3.17. The lowest BCUT2D eigenvalue weighted by Crippen LogP contribution is -1.91. The van der Waals surface area contributed by atoms with Crippen LogP contribution in [0.3, 0.4) is 0 Å². The number of rotatable bonds is 4. The van der Waals surface area contributed by atoms with Gasteiger partial charge in [0.25, 0.3) is 5.69 Å². The number of nitro benzene ring substituents is 1. The first-order valence-electron chi connectivity index (χ1n) is 7.27. The van der Waals surface area contributed by atoms with Gasteiger partial charge in [0.05, 0.1) is 15.1 Å². The Labute approximate surface area is 147 Å². The van der Waals surface area contributed by atoms with Gasteiger partial charge in [0, 0.05) is 12.3 Å². The molecule has 0 amide bonds. The van der Waals surface area contributed by atoms with Crippen molar-refractivity contribution in [2.45, 2.75) is 0 Å². The lowest BCUT2D eigenvalue weighted by atomic mass is 10.1. The highest BCUT2D eigenvalue weighted by molar-refractivity contribution is 9.10. The SMILES string of the molecule is O=[N+]([O-])c1cc(C=Nc2ccc(-c3ccccc3)cc2)ccc1Br. The lowest BCUT2D eigenvalue weighted by Gasteiger charge is -2.01. The van der Waals surface area contributed by atoms with E-state index in [9.17, 15) is 10.1 Å². The Morgan fingerprint density at radius 2 is 1.58 bits per heavy atom. The molecular formula is C19H13BrN2O2. The highest BCUT2D eigenvalue weighted by Crippen LogP contribution is 2.26. The van der Waals surface area contributed by atoms with Gasteiger partial charge >= 0.3 is 0 Å². The first-order chi connectivity index (χ1) is 11.6. The van der Waals surface area contributed by atoms with Gasteiger partial charge in [-0.2, -0.15) is 0 Å². The summed E-state index contributed by atoms with van der Waals surface area (Å²) in [5.41, 5.74) is 3.76. The average Bonchev–Trinajstić information content (AvgIpc) is 2.62. The maximum atomic E-state index is 11.0. The highest BCUT2D eigenvalue weighted by atomic mass is 79.9. The zero-order valence-corrected chi connectivity index (χ0v) is 14.2. The molecule has 0 saturated heterocycles.